The molecule has 0 aliphatic rings. The summed E-state index contributed by atoms with van der Waals surface area (Å²) in [5, 5.41) is 0. The van der Waals surface area contributed by atoms with E-state index in [2.05, 4.69) is 4.74 Å². The molecule has 0 heterocycles. The molecule has 0 aromatic rings. The van der Waals surface area contributed by atoms with Crippen molar-refractivity contribution in [1.82, 2.24) is 0 Å². The van der Waals surface area contributed by atoms with Crippen LogP contribution in [0.3, 0.4) is 0 Å². The predicted octanol–water partition coefficient (Wildman–Crippen LogP) is 1.63. The fourth-order valence-corrected chi connectivity index (χ4v) is 0.207. The van der Waals surface area contributed by atoms with Gasteiger partial charge in [0, 0.05) is 6.92 Å². The Morgan fingerprint density at radius 1 is 1.50 bits per heavy atom. The first kappa shape index (κ1) is 9.00. The summed E-state index contributed by atoms with van der Waals surface area (Å²) in [5.41, 5.74) is 0. The largest absolute Gasteiger partial charge is 0.435 e. The van der Waals surface area contributed by atoms with Crippen molar-refractivity contribution < 1.29 is 22.7 Å². The van der Waals surface area contributed by atoms with Crippen LogP contribution in [-0.2, 0) is 9.53 Å². The Hall–Kier alpha value is -1.00. The molecule has 0 fully saturated rings. The second kappa shape index (κ2) is 3.24. The Morgan fingerprint density at radius 3 is 2.30 bits per heavy atom. The van der Waals surface area contributed by atoms with Crippen molar-refractivity contribution in [3.8, 4) is 0 Å². The van der Waals surface area contributed by atoms with Gasteiger partial charge >= 0.3 is 12.1 Å². The number of hydrogen-bond acceptors (Lipinski definition) is 2. The molecule has 0 spiro atoms. The number of carbonyl (C=O) groups is 1. The maximum absolute atomic E-state index is 11.2. The van der Waals surface area contributed by atoms with Gasteiger partial charge in [0.1, 0.15) is 0 Å². The van der Waals surface area contributed by atoms with Gasteiger partial charge < -0.3 is 4.74 Å². The number of esters is 1. The Bertz CT molecular complexity index is 147. The zero-order valence-corrected chi connectivity index (χ0v) is 5.11. The highest BCUT2D eigenvalue weighted by Gasteiger charge is 2.22. The summed E-state index contributed by atoms with van der Waals surface area (Å²) in [6.45, 7) is 1.01. The van der Waals surface area contributed by atoms with E-state index in [1.165, 1.54) is 0 Å². The van der Waals surface area contributed by atoms with Crippen LogP contribution in [0.4, 0.5) is 13.2 Å². The highest BCUT2D eigenvalue weighted by molar-refractivity contribution is 5.66. The van der Waals surface area contributed by atoms with Crippen LogP contribution in [0.1, 0.15) is 6.92 Å². The zero-order valence-electron chi connectivity index (χ0n) is 5.11. The van der Waals surface area contributed by atoms with E-state index in [0.717, 1.165) is 6.92 Å². The minimum atomic E-state index is -4.42. The number of ether oxygens (including phenoxy) is 1. The van der Waals surface area contributed by atoms with Crippen molar-refractivity contribution in [2.24, 2.45) is 0 Å². The van der Waals surface area contributed by atoms with Crippen LogP contribution in [0.15, 0.2) is 12.3 Å². The monoisotopic (exact) mass is 154 g/mol. The second-order valence-electron chi connectivity index (χ2n) is 1.45. The molecule has 0 saturated carbocycles. The highest BCUT2D eigenvalue weighted by atomic mass is 19.4. The Balaban J connectivity index is 3.67. The molecule has 58 valence electrons. The van der Waals surface area contributed by atoms with Gasteiger partial charge in [0.15, 0.2) is 0 Å². The lowest BCUT2D eigenvalue weighted by Gasteiger charge is -1.96. The molecule has 0 saturated heterocycles. The maximum atomic E-state index is 11.2. The minimum Gasteiger partial charge on any atom is -0.435 e. The van der Waals surface area contributed by atoms with Gasteiger partial charge in [0.25, 0.3) is 0 Å². The van der Waals surface area contributed by atoms with Crippen LogP contribution in [0.25, 0.3) is 0 Å². The Labute approximate surface area is 55.3 Å². The number of halogens is 3. The van der Waals surface area contributed by atoms with Crippen LogP contribution >= 0.6 is 0 Å². The van der Waals surface area contributed by atoms with Crippen LogP contribution in [0.5, 0.6) is 0 Å². The molecule has 5 heteroatoms. The summed E-state index contributed by atoms with van der Waals surface area (Å²) >= 11 is 0. The molecule has 0 radical (unpaired) electrons. The molecule has 0 aromatic heterocycles. The molecule has 0 atom stereocenters. The first-order valence-electron chi connectivity index (χ1n) is 2.33. The lowest BCUT2D eigenvalue weighted by atomic mass is 10.6. The summed E-state index contributed by atoms with van der Waals surface area (Å²) in [6.07, 6.45) is -4.27. The summed E-state index contributed by atoms with van der Waals surface area (Å²) in [5.74, 6) is -0.777. The lowest BCUT2D eigenvalue weighted by Crippen LogP contribution is -2.01. The van der Waals surface area contributed by atoms with E-state index < -0.39 is 12.1 Å². The number of rotatable bonds is 1. The van der Waals surface area contributed by atoms with Gasteiger partial charge in [-0.2, -0.15) is 13.2 Å². The third kappa shape index (κ3) is 7.00. The van der Waals surface area contributed by atoms with E-state index in [1.807, 2.05) is 0 Å². The van der Waals surface area contributed by atoms with Gasteiger partial charge in [0.2, 0.25) is 0 Å². The molecule has 0 aromatic carbocycles. The fraction of sp³-hybridized carbons (Fsp3) is 0.400. The van der Waals surface area contributed by atoms with Crippen molar-refractivity contribution in [3.63, 3.8) is 0 Å². The summed E-state index contributed by atoms with van der Waals surface area (Å²) in [6, 6.07) is 0. The molecule has 0 unspecified atom stereocenters. The third-order valence-corrected chi connectivity index (χ3v) is 0.491. The maximum Gasteiger partial charge on any atom is 0.412 e. The first-order chi connectivity index (χ1) is 4.42. The summed E-state index contributed by atoms with van der Waals surface area (Å²) in [7, 11) is 0. The van der Waals surface area contributed by atoms with E-state index >= 15 is 0 Å². The van der Waals surface area contributed by atoms with Crippen molar-refractivity contribution in [2.45, 2.75) is 13.1 Å². The number of carbonyl (C=O) groups excluding carboxylic acids is 1. The SMILES string of the molecule is CC(=O)OC=CC(F)(F)F. The number of allylic oxidation sites excluding steroid dienone is 1. The molecular formula is C5H5F3O2. The van der Waals surface area contributed by atoms with Crippen LogP contribution in [0.2, 0.25) is 0 Å². The van der Waals surface area contributed by atoms with Crippen molar-refractivity contribution in [2.75, 3.05) is 0 Å². The normalized spacial score (nSPS) is 12.0. The standard InChI is InChI=1S/C5H5F3O2/c1-4(9)10-3-2-5(6,7)8/h2-3H,1H3. The van der Waals surface area contributed by atoms with Crippen molar-refractivity contribution in [1.29, 1.82) is 0 Å². The van der Waals surface area contributed by atoms with Gasteiger partial charge in [-0.25, -0.2) is 0 Å². The van der Waals surface area contributed by atoms with Gasteiger partial charge in [-0.05, 0) is 0 Å². The smallest absolute Gasteiger partial charge is 0.412 e. The molecule has 0 amide bonds. The van der Waals surface area contributed by atoms with Gasteiger partial charge in [-0.3, -0.25) is 4.79 Å². The molecule has 2 nitrogen and oxygen atoms in total. The van der Waals surface area contributed by atoms with E-state index in [1.54, 1.807) is 0 Å². The molecule has 0 rings (SSSR count). The van der Waals surface area contributed by atoms with E-state index in [0.29, 0.717) is 6.26 Å². The van der Waals surface area contributed by atoms with Gasteiger partial charge in [0.05, 0.1) is 12.3 Å². The summed E-state index contributed by atoms with van der Waals surface area (Å²) in [4.78, 5) is 9.89. The zero-order chi connectivity index (χ0) is 8.20. The van der Waals surface area contributed by atoms with Crippen LogP contribution in [0, 0.1) is 0 Å². The molecule has 10 heavy (non-hydrogen) atoms. The first-order valence-corrected chi connectivity index (χ1v) is 2.33. The number of alkyl halides is 3. The topological polar surface area (TPSA) is 26.3 Å². The lowest BCUT2D eigenvalue weighted by molar-refractivity contribution is -0.135. The summed E-state index contributed by atoms with van der Waals surface area (Å²) < 4.78 is 37.6. The molecule has 0 N–H and O–H groups in total. The third-order valence-electron chi connectivity index (χ3n) is 0.491. The van der Waals surface area contributed by atoms with E-state index in [4.69, 9.17) is 0 Å². The van der Waals surface area contributed by atoms with Crippen LogP contribution < -0.4 is 0 Å². The van der Waals surface area contributed by atoms with Crippen molar-refractivity contribution >= 4 is 5.97 Å². The number of hydrogen-bond donors (Lipinski definition) is 0. The van der Waals surface area contributed by atoms with E-state index in [-0.39, 0.29) is 6.08 Å². The average Bonchev–Trinajstić information content (AvgIpc) is 1.59. The Morgan fingerprint density at radius 2 is 2.00 bits per heavy atom. The van der Waals surface area contributed by atoms with Gasteiger partial charge in [-0.15, -0.1) is 0 Å². The highest BCUT2D eigenvalue weighted by Crippen LogP contribution is 2.15. The van der Waals surface area contributed by atoms with Crippen molar-refractivity contribution in [3.05, 3.63) is 12.3 Å². The van der Waals surface area contributed by atoms with Crippen LogP contribution in [-0.4, -0.2) is 12.1 Å². The molecule has 0 aliphatic carbocycles. The Kier molecular flexibility index (Phi) is 2.92. The average molecular weight is 154 g/mol. The quantitative estimate of drug-likeness (QED) is 0.423. The van der Waals surface area contributed by atoms with Gasteiger partial charge in [-0.1, -0.05) is 0 Å². The molecule has 0 bridgehead atoms. The fourth-order valence-electron chi connectivity index (χ4n) is 0.207. The second-order valence-corrected chi connectivity index (χ2v) is 1.45. The molecular weight excluding hydrogens is 149 g/mol. The van der Waals surface area contributed by atoms with E-state index in [9.17, 15) is 18.0 Å². The predicted molar refractivity (Wildman–Crippen MR) is 27.0 cm³/mol. The minimum absolute atomic E-state index is 0.158. The molecule has 0 aliphatic heterocycles.